The first-order chi connectivity index (χ1) is 14.1. The lowest BCUT2D eigenvalue weighted by Crippen LogP contribution is -2.55. The molecule has 1 aromatic carbocycles. The molecule has 0 spiro atoms. The second-order valence-corrected chi connectivity index (χ2v) is 8.57. The van der Waals surface area contributed by atoms with Crippen LogP contribution in [0.4, 0.5) is 5.69 Å². The summed E-state index contributed by atoms with van der Waals surface area (Å²) in [5.41, 5.74) is 3.85. The van der Waals surface area contributed by atoms with Gasteiger partial charge in [0.2, 0.25) is 5.91 Å². The number of piperidine rings is 1. The van der Waals surface area contributed by atoms with E-state index in [1.807, 2.05) is 12.4 Å². The largest absolute Gasteiger partial charge is 0.365 e. The molecule has 154 valence electrons. The van der Waals surface area contributed by atoms with Crippen molar-refractivity contribution in [3.8, 4) is 0 Å². The van der Waals surface area contributed by atoms with E-state index < -0.39 is 0 Å². The standard InChI is InChI=1S/C24H32N4O/c1-19-4-3-5-23(16-19)28-15-14-27(17-20(28)2)24(29)22-8-12-26(13-9-22)18-21-6-10-25-11-7-21/h3-7,10-11,16,20,22H,8-9,12-15,17-18H2,1-2H3. The predicted molar refractivity (Wildman–Crippen MR) is 117 cm³/mol. The second kappa shape index (κ2) is 8.95. The lowest BCUT2D eigenvalue weighted by molar-refractivity contribution is -0.137. The molecule has 1 amide bonds. The zero-order valence-corrected chi connectivity index (χ0v) is 17.6. The molecule has 2 aliphatic heterocycles. The van der Waals surface area contributed by atoms with Crippen LogP contribution >= 0.6 is 0 Å². The predicted octanol–water partition coefficient (Wildman–Crippen LogP) is 3.34. The average Bonchev–Trinajstić information content (AvgIpc) is 2.74. The maximum atomic E-state index is 13.1. The Morgan fingerprint density at radius 1 is 1.07 bits per heavy atom. The number of hydrogen-bond acceptors (Lipinski definition) is 4. The summed E-state index contributed by atoms with van der Waals surface area (Å²) in [7, 11) is 0. The minimum atomic E-state index is 0.182. The fourth-order valence-electron chi connectivity index (χ4n) is 4.69. The van der Waals surface area contributed by atoms with Crippen molar-refractivity contribution in [3.63, 3.8) is 0 Å². The van der Waals surface area contributed by atoms with Crippen LogP contribution in [0, 0.1) is 12.8 Å². The molecule has 1 aromatic heterocycles. The molecule has 0 saturated carbocycles. The molecule has 5 nitrogen and oxygen atoms in total. The Morgan fingerprint density at radius 3 is 2.52 bits per heavy atom. The Balaban J connectivity index is 1.28. The van der Waals surface area contributed by atoms with Gasteiger partial charge in [-0.25, -0.2) is 0 Å². The molecular weight excluding hydrogens is 360 g/mol. The Morgan fingerprint density at radius 2 is 1.83 bits per heavy atom. The number of piperazine rings is 1. The third kappa shape index (κ3) is 4.78. The third-order valence-corrected chi connectivity index (χ3v) is 6.36. The lowest BCUT2D eigenvalue weighted by atomic mass is 9.94. The quantitative estimate of drug-likeness (QED) is 0.800. The van der Waals surface area contributed by atoms with Gasteiger partial charge in [-0.3, -0.25) is 14.7 Å². The molecule has 5 heteroatoms. The van der Waals surface area contributed by atoms with Gasteiger partial charge in [-0.15, -0.1) is 0 Å². The Kier molecular flexibility index (Phi) is 6.14. The summed E-state index contributed by atoms with van der Waals surface area (Å²) >= 11 is 0. The molecule has 2 fully saturated rings. The molecule has 2 aliphatic rings. The zero-order chi connectivity index (χ0) is 20.2. The summed E-state index contributed by atoms with van der Waals surface area (Å²) in [6, 6.07) is 13.2. The van der Waals surface area contributed by atoms with Crippen LogP contribution in [0.25, 0.3) is 0 Å². The SMILES string of the molecule is Cc1cccc(N2CCN(C(=O)C3CCN(Cc4ccncc4)CC3)CC2C)c1. The van der Waals surface area contributed by atoms with Gasteiger partial charge in [0.25, 0.3) is 0 Å². The topological polar surface area (TPSA) is 39.7 Å². The van der Waals surface area contributed by atoms with Gasteiger partial charge < -0.3 is 9.80 Å². The first-order valence-corrected chi connectivity index (χ1v) is 10.8. The minimum Gasteiger partial charge on any atom is -0.365 e. The highest BCUT2D eigenvalue weighted by atomic mass is 16.2. The first-order valence-electron chi connectivity index (χ1n) is 10.8. The number of likely N-dealkylation sites (tertiary alicyclic amines) is 1. The van der Waals surface area contributed by atoms with Crippen molar-refractivity contribution in [1.82, 2.24) is 14.8 Å². The molecule has 3 heterocycles. The number of hydrogen-bond donors (Lipinski definition) is 0. The van der Waals surface area contributed by atoms with Gasteiger partial charge in [-0.2, -0.15) is 0 Å². The summed E-state index contributed by atoms with van der Waals surface area (Å²) in [5.74, 6) is 0.547. The van der Waals surface area contributed by atoms with E-state index in [1.54, 1.807) is 0 Å². The van der Waals surface area contributed by atoms with Gasteiger partial charge in [-0.1, -0.05) is 12.1 Å². The van der Waals surface area contributed by atoms with Gasteiger partial charge in [0.1, 0.15) is 0 Å². The molecule has 1 unspecified atom stereocenters. The van der Waals surface area contributed by atoms with Crippen LogP contribution in [0.1, 0.15) is 30.9 Å². The fourth-order valence-corrected chi connectivity index (χ4v) is 4.69. The van der Waals surface area contributed by atoms with Crippen molar-refractivity contribution in [1.29, 1.82) is 0 Å². The minimum absolute atomic E-state index is 0.182. The van der Waals surface area contributed by atoms with Gasteiger partial charge in [0, 0.05) is 56.2 Å². The summed E-state index contributed by atoms with van der Waals surface area (Å²) in [5, 5.41) is 0. The van der Waals surface area contributed by atoms with Crippen molar-refractivity contribution in [2.45, 2.75) is 39.3 Å². The molecule has 2 aromatic rings. The number of anilines is 1. The monoisotopic (exact) mass is 392 g/mol. The Hall–Kier alpha value is -2.40. The maximum absolute atomic E-state index is 13.1. The Labute approximate surface area is 174 Å². The van der Waals surface area contributed by atoms with E-state index in [-0.39, 0.29) is 5.92 Å². The van der Waals surface area contributed by atoms with E-state index in [2.05, 4.69) is 69.9 Å². The van der Waals surface area contributed by atoms with Crippen LogP contribution in [0.5, 0.6) is 0 Å². The maximum Gasteiger partial charge on any atom is 0.225 e. The normalized spacial score (nSPS) is 21.4. The molecule has 4 rings (SSSR count). The zero-order valence-electron chi connectivity index (χ0n) is 17.6. The molecule has 2 saturated heterocycles. The molecule has 1 atom stereocenters. The molecule has 0 bridgehead atoms. The van der Waals surface area contributed by atoms with E-state index in [1.165, 1.54) is 16.8 Å². The fraction of sp³-hybridized carbons (Fsp3) is 0.500. The van der Waals surface area contributed by atoms with E-state index in [4.69, 9.17) is 0 Å². The van der Waals surface area contributed by atoms with Gasteiger partial charge >= 0.3 is 0 Å². The smallest absolute Gasteiger partial charge is 0.225 e. The van der Waals surface area contributed by atoms with E-state index >= 15 is 0 Å². The number of amides is 1. The third-order valence-electron chi connectivity index (χ3n) is 6.36. The van der Waals surface area contributed by atoms with Crippen LogP contribution in [0.3, 0.4) is 0 Å². The van der Waals surface area contributed by atoms with Crippen LogP contribution < -0.4 is 4.90 Å². The molecule has 0 N–H and O–H groups in total. The van der Waals surface area contributed by atoms with Crippen LogP contribution in [0.2, 0.25) is 0 Å². The summed E-state index contributed by atoms with van der Waals surface area (Å²) in [6.07, 6.45) is 5.64. The van der Waals surface area contributed by atoms with Crippen LogP contribution in [0.15, 0.2) is 48.8 Å². The second-order valence-electron chi connectivity index (χ2n) is 8.57. The van der Waals surface area contributed by atoms with Crippen molar-refractivity contribution in [3.05, 3.63) is 59.9 Å². The molecule has 0 radical (unpaired) electrons. The number of rotatable bonds is 4. The van der Waals surface area contributed by atoms with Crippen molar-refractivity contribution < 1.29 is 4.79 Å². The van der Waals surface area contributed by atoms with Crippen LogP contribution in [-0.2, 0) is 11.3 Å². The average molecular weight is 393 g/mol. The molecule has 0 aliphatic carbocycles. The number of carbonyl (C=O) groups is 1. The number of pyridine rings is 1. The molecule has 29 heavy (non-hydrogen) atoms. The van der Waals surface area contributed by atoms with E-state index in [0.717, 1.165) is 52.1 Å². The van der Waals surface area contributed by atoms with E-state index in [9.17, 15) is 4.79 Å². The highest BCUT2D eigenvalue weighted by molar-refractivity contribution is 5.79. The number of aryl methyl sites for hydroxylation is 1. The Bertz CT molecular complexity index is 817. The van der Waals surface area contributed by atoms with Crippen molar-refractivity contribution in [2.75, 3.05) is 37.6 Å². The van der Waals surface area contributed by atoms with E-state index in [0.29, 0.717) is 11.9 Å². The number of carbonyl (C=O) groups excluding carboxylic acids is 1. The number of aromatic nitrogens is 1. The van der Waals surface area contributed by atoms with Crippen molar-refractivity contribution in [2.24, 2.45) is 5.92 Å². The highest BCUT2D eigenvalue weighted by Crippen LogP contribution is 2.25. The summed E-state index contributed by atoms with van der Waals surface area (Å²) in [4.78, 5) is 24.2. The molecular formula is C24H32N4O. The van der Waals surface area contributed by atoms with Gasteiger partial charge in [0.15, 0.2) is 0 Å². The number of benzene rings is 1. The lowest BCUT2D eigenvalue weighted by Gasteiger charge is -2.43. The van der Waals surface area contributed by atoms with Crippen LogP contribution in [-0.4, -0.2) is 59.5 Å². The summed E-state index contributed by atoms with van der Waals surface area (Å²) in [6.45, 7) is 9.88. The van der Waals surface area contributed by atoms with Gasteiger partial charge in [0.05, 0.1) is 0 Å². The van der Waals surface area contributed by atoms with Gasteiger partial charge in [-0.05, 0) is 75.2 Å². The first kappa shape index (κ1) is 19.9. The number of nitrogens with zero attached hydrogens (tertiary/aromatic N) is 4. The highest BCUT2D eigenvalue weighted by Gasteiger charge is 2.32. The summed E-state index contributed by atoms with van der Waals surface area (Å²) < 4.78 is 0. The van der Waals surface area contributed by atoms with Crippen molar-refractivity contribution >= 4 is 11.6 Å².